The maximum atomic E-state index is 11.9. The van der Waals surface area contributed by atoms with Crippen LogP contribution in [0.4, 0.5) is 0 Å². The lowest BCUT2D eigenvalue weighted by atomic mass is 10.1. The van der Waals surface area contributed by atoms with Crippen molar-refractivity contribution >= 4 is 23.2 Å². The third-order valence-corrected chi connectivity index (χ3v) is 3.77. The summed E-state index contributed by atoms with van der Waals surface area (Å²) in [5, 5.41) is 4.82. The van der Waals surface area contributed by atoms with Crippen LogP contribution in [-0.2, 0) is 0 Å². The third-order valence-electron chi connectivity index (χ3n) is 3.51. The lowest BCUT2D eigenvalue weighted by molar-refractivity contribution is 0.403. The molecule has 2 aromatic carbocycles. The molecule has 2 aromatic heterocycles. The number of hydrogen-bond acceptors (Lipinski definition) is 5. The van der Waals surface area contributed by atoms with Crippen molar-refractivity contribution in [2.24, 2.45) is 0 Å². The van der Waals surface area contributed by atoms with Crippen LogP contribution in [0.25, 0.3) is 28.0 Å². The summed E-state index contributed by atoms with van der Waals surface area (Å²) in [4.78, 5) is 12.1. The number of nitrogens with zero attached hydrogens (tertiary/aromatic N) is 2. The van der Waals surface area contributed by atoms with E-state index in [4.69, 9.17) is 21.2 Å². The van der Waals surface area contributed by atoms with Crippen molar-refractivity contribution in [1.82, 2.24) is 9.72 Å². The van der Waals surface area contributed by atoms with Crippen LogP contribution < -0.4 is 5.63 Å². The number of fused-ring (bicyclic) bond motifs is 1. The molecule has 0 amide bonds. The highest BCUT2D eigenvalue weighted by Crippen LogP contribution is 2.28. The van der Waals surface area contributed by atoms with Gasteiger partial charge in [0.05, 0.1) is 5.69 Å². The normalized spacial score (nSPS) is 11.0. The second-order valence-electron chi connectivity index (χ2n) is 4.92. The summed E-state index contributed by atoms with van der Waals surface area (Å²) in [7, 11) is 0. The maximum absolute atomic E-state index is 11.9. The fourth-order valence-electron chi connectivity index (χ4n) is 2.52. The molecule has 0 saturated carbocycles. The highest BCUT2D eigenvalue weighted by molar-refractivity contribution is 7.71. The standard InChI is InChI=1S/C17H10N2O3S/c20-15-10-13(12-8-4-5-9-14(12)21-15)16-18-22-17(23)19(16)11-6-2-1-3-7-11/h1-10H. The first-order chi connectivity index (χ1) is 11.2. The van der Waals surface area contributed by atoms with Gasteiger partial charge >= 0.3 is 10.5 Å². The molecular formula is C17H10N2O3S. The van der Waals surface area contributed by atoms with E-state index in [9.17, 15) is 4.79 Å². The second kappa shape index (κ2) is 5.33. The van der Waals surface area contributed by atoms with Crippen molar-refractivity contribution in [1.29, 1.82) is 0 Å². The Morgan fingerprint density at radius 2 is 1.74 bits per heavy atom. The van der Waals surface area contributed by atoms with E-state index >= 15 is 0 Å². The van der Waals surface area contributed by atoms with Crippen molar-refractivity contribution in [2.45, 2.75) is 0 Å². The zero-order valence-corrected chi connectivity index (χ0v) is 12.6. The molecule has 0 aliphatic rings. The molecule has 0 fully saturated rings. The van der Waals surface area contributed by atoms with Crippen LogP contribution in [0.15, 0.2) is 74.4 Å². The molecule has 0 bridgehead atoms. The molecule has 0 saturated heterocycles. The fraction of sp³-hybridized carbons (Fsp3) is 0. The van der Waals surface area contributed by atoms with Crippen LogP contribution in [0.1, 0.15) is 0 Å². The van der Waals surface area contributed by atoms with E-state index in [1.807, 2.05) is 48.5 Å². The molecule has 2 heterocycles. The molecule has 0 atom stereocenters. The first-order valence-electron chi connectivity index (χ1n) is 6.91. The highest BCUT2D eigenvalue weighted by atomic mass is 32.1. The van der Waals surface area contributed by atoms with Gasteiger partial charge < -0.3 is 8.94 Å². The average molecular weight is 322 g/mol. The van der Waals surface area contributed by atoms with Crippen LogP contribution in [0.5, 0.6) is 0 Å². The Kier molecular flexibility index (Phi) is 3.17. The molecule has 0 unspecified atom stereocenters. The van der Waals surface area contributed by atoms with Gasteiger partial charge in [0.1, 0.15) is 5.58 Å². The molecule has 112 valence electrons. The molecule has 0 spiro atoms. The summed E-state index contributed by atoms with van der Waals surface area (Å²) in [6.07, 6.45) is 0. The molecule has 5 nitrogen and oxygen atoms in total. The molecule has 4 aromatic rings. The van der Waals surface area contributed by atoms with Gasteiger partial charge in [0.2, 0.25) is 0 Å². The highest BCUT2D eigenvalue weighted by Gasteiger charge is 2.16. The summed E-state index contributed by atoms with van der Waals surface area (Å²) < 4.78 is 12.1. The Morgan fingerprint density at radius 3 is 2.57 bits per heavy atom. The average Bonchev–Trinajstić information content (AvgIpc) is 2.96. The molecule has 0 aliphatic heterocycles. The quantitative estimate of drug-likeness (QED) is 0.413. The van der Waals surface area contributed by atoms with Gasteiger partial charge in [-0.05, 0) is 30.4 Å². The zero-order chi connectivity index (χ0) is 15.8. The van der Waals surface area contributed by atoms with E-state index in [1.165, 1.54) is 6.07 Å². The van der Waals surface area contributed by atoms with Crippen molar-refractivity contribution in [3.8, 4) is 17.1 Å². The minimum absolute atomic E-state index is 0.212. The Balaban J connectivity index is 2.08. The van der Waals surface area contributed by atoms with Crippen LogP contribution in [0, 0.1) is 4.84 Å². The van der Waals surface area contributed by atoms with Gasteiger partial charge in [-0.15, -0.1) is 0 Å². The summed E-state index contributed by atoms with van der Waals surface area (Å²) in [6.45, 7) is 0. The third kappa shape index (κ3) is 2.29. The van der Waals surface area contributed by atoms with E-state index in [2.05, 4.69) is 5.16 Å². The first kappa shape index (κ1) is 13.7. The van der Waals surface area contributed by atoms with Crippen molar-refractivity contribution in [3.05, 3.63) is 75.9 Å². The van der Waals surface area contributed by atoms with Crippen LogP contribution >= 0.6 is 12.2 Å². The van der Waals surface area contributed by atoms with Crippen LogP contribution in [0.2, 0.25) is 0 Å². The minimum atomic E-state index is -0.452. The molecule has 23 heavy (non-hydrogen) atoms. The van der Waals surface area contributed by atoms with Crippen LogP contribution in [0.3, 0.4) is 0 Å². The van der Waals surface area contributed by atoms with Crippen molar-refractivity contribution in [2.75, 3.05) is 0 Å². The Morgan fingerprint density at radius 1 is 1.00 bits per heavy atom. The summed E-state index contributed by atoms with van der Waals surface area (Å²) in [6, 6.07) is 18.2. The molecule has 0 aliphatic carbocycles. The number of benzene rings is 2. The van der Waals surface area contributed by atoms with Gasteiger partial charge in [-0.2, -0.15) is 0 Å². The predicted molar refractivity (Wildman–Crippen MR) is 88.1 cm³/mol. The number of aromatic nitrogens is 2. The van der Waals surface area contributed by atoms with Crippen molar-refractivity contribution < 1.29 is 8.94 Å². The summed E-state index contributed by atoms with van der Waals surface area (Å²) in [5.74, 6) is 0.463. The minimum Gasteiger partial charge on any atom is -0.423 e. The molecule has 4 rings (SSSR count). The second-order valence-corrected chi connectivity index (χ2v) is 5.27. The summed E-state index contributed by atoms with van der Waals surface area (Å²) in [5.41, 5.74) is 1.46. The summed E-state index contributed by atoms with van der Waals surface area (Å²) >= 11 is 5.24. The Bertz CT molecular complexity index is 1110. The maximum Gasteiger partial charge on any atom is 0.336 e. The fourth-order valence-corrected chi connectivity index (χ4v) is 2.75. The topological polar surface area (TPSA) is 61.2 Å². The largest absolute Gasteiger partial charge is 0.423 e. The Hall–Kier alpha value is -2.99. The monoisotopic (exact) mass is 322 g/mol. The SMILES string of the molecule is O=c1cc(-c2noc(=S)n2-c2ccccc2)c2ccccc2o1. The lowest BCUT2D eigenvalue weighted by Crippen LogP contribution is -2.02. The molecule has 0 radical (unpaired) electrons. The van der Waals surface area contributed by atoms with E-state index in [0.717, 1.165) is 11.1 Å². The number of hydrogen-bond donors (Lipinski definition) is 0. The van der Waals surface area contributed by atoms with Crippen molar-refractivity contribution in [3.63, 3.8) is 0 Å². The van der Waals surface area contributed by atoms with Gasteiger partial charge in [0, 0.05) is 17.0 Å². The van der Waals surface area contributed by atoms with E-state index in [0.29, 0.717) is 17.0 Å². The number of para-hydroxylation sites is 2. The van der Waals surface area contributed by atoms with Crippen LogP contribution in [-0.4, -0.2) is 9.72 Å². The predicted octanol–water partition coefficient (Wildman–Crippen LogP) is 3.97. The first-order valence-corrected chi connectivity index (χ1v) is 7.32. The van der Waals surface area contributed by atoms with Gasteiger partial charge in [-0.3, -0.25) is 0 Å². The molecular weight excluding hydrogens is 312 g/mol. The number of rotatable bonds is 2. The van der Waals surface area contributed by atoms with E-state index < -0.39 is 5.63 Å². The lowest BCUT2D eigenvalue weighted by Gasteiger charge is -2.07. The Labute approximate surface area is 135 Å². The van der Waals surface area contributed by atoms with Gasteiger partial charge in [-0.25, -0.2) is 9.36 Å². The van der Waals surface area contributed by atoms with E-state index in [1.54, 1.807) is 10.6 Å². The van der Waals surface area contributed by atoms with Gasteiger partial charge in [0.25, 0.3) is 0 Å². The van der Waals surface area contributed by atoms with E-state index in [-0.39, 0.29) is 4.84 Å². The molecule has 0 N–H and O–H groups in total. The smallest absolute Gasteiger partial charge is 0.336 e. The van der Waals surface area contributed by atoms with Gasteiger partial charge in [0.15, 0.2) is 5.82 Å². The molecule has 6 heteroatoms. The zero-order valence-electron chi connectivity index (χ0n) is 11.8. The van der Waals surface area contributed by atoms with Gasteiger partial charge in [-0.1, -0.05) is 41.6 Å².